The lowest BCUT2D eigenvalue weighted by Gasteiger charge is -2.35. The molecule has 30 heavy (non-hydrogen) atoms. The first kappa shape index (κ1) is 22.6. The summed E-state index contributed by atoms with van der Waals surface area (Å²) in [6.07, 6.45) is 3.88. The fourth-order valence-electron chi connectivity index (χ4n) is 4.52. The molecule has 1 aromatic rings. The average Bonchev–Trinajstić information content (AvgIpc) is 3.27. The molecule has 2 aliphatic rings. The molecule has 0 bridgehead atoms. The van der Waals surface area contributed by atoms with Gasteiger partial charge in [0, 0.05) is 31.0 Å². The third kappa shape index (κ3) is 5.54. The third-order valence-electron chi connectivity index (χ3n) is 6.32. The molecule has 0 aromatic heterocycles. The molecule has 2 saturated heterocycles. The Kier molecular flexibility index (Phi) is 7.40. The fraction of sp³-hybridized carbons (Fsp3) is 0.667. The highest BCUT2D eigenvalue weighted by molar-refractivity contribution is 5.82. The molecule has 0 saturated carbocycles. The van der Waals surface area contributed by atoms with E-state index in [-0.39, 0.29) is 29.2 Å². The van der Waals surface area contributed by atoms with Crippen LogP contribution in [0.25, 0.3) is 0 Å². The van der Waals surface area contributed by atoms with E-state index < -0.39 is 0 Å². The molecule has 1 N–H and O–H groups in total. The molecule has 2 heterocycles. The molecule has 0 radical (unpaired) electrons. The van der Waals surface area contributed by atoms with Crippen LogP contribution in [0.3, 0.4) is 0 Å². The molecule has 0 aliphatic carbocycles. The molecular formula is C24H37N3O3. The van der Waals surface area contributed by atoms with E-state index in [4.69, 9.17) is 4.74 Å². The summed E-state index contributed by atoms with van der Waals surface area (Å²) < 4.78 is 5.40. The van der Waals surface area contributed by atoms with E-state index in [9.17, 15) is 9.59 Å². The van der Waals surface area contributed by atoms with Gasteiger partial charge in [0.05, 0.1) is 13.2 Å². The highest BCUT2D eigenvalue weighted by atomic mass is 16.5. The molecule has 1 atom stereocenters. The Labute approximate surface area is 180 Å². The summed E-state index contributed by atoms with van der Waals surface area (Å²) in [6, 6.07) is 8.32. The van der Waals surface area contributed by atoms with Crippen molar-refractivity contribution < 1.29 is 14.3 Å². The number of likely N-dealkylation sites (tertiary alicyclic amines) is 2. The molecule has 0 spiro atoms. The monoisotopic (exact) mass is 415 g/mol. The van der Waals surface area contributed by atoms with Crippen LogP contribution in [0.5, 0.6) is 5.75 Å². The van der Waals surface area contributed by atoms with E-state index >= 15 is 0 Å². The molecule has 1 unspecified atom stereocenters. The smallest absolute Gasteiger partial charge is 0.227 e. The zero-order valence-electron chi connectivity index (χ0n) is 18.9. The molecule has 2 aliphatic heterocycles. The maximum Gasteiger partial charge on any atom is 0.227 e. The van der Waals surface area contributed by atoms with E-state index in [0.29, 0.717) is 19.6 Å². The molecule has 1 aromatic carbocycles. The summed E-state index contributed by atoms with van der Waals surface area (Å²) in [6.45, 7) is 9.91. The van der Waals surface area contributed by atoms with E-state index in [1.54, 1.807) is 7.11 Å². The standard InChI is InChI=1S/C24H37N3O3/c1-24(2,3)23(29)27-14-10-18(11-15-27)22(28)25-17-21(26-12-5-6-13-26)19-8-7-9-20(16-19)30-4/h7-9,16,18,21H,5-6,10-15,17H2,1-4H3,(H,25,28). The van der Waals surface area contributed by atoms with E-state index in [2.05, 4.69) is 22.3 Å². The van der Waals surface area contributed by atoms with E-state index in [0.717, 1.165) is 31.7 Å². The van der Waals surface area contributed by atoms with Gasteiger partial charge in [-0.25, -0.2) is 0 Å². The highest BCUT2D eigenvalue weighted by Crippen LogP contribution is 2.28. The summed E-state index contributed by atoms with van der Waals surface area (Å²) in [5.74, 6) is 1.12. The van der Waals surface area contributed by atoms with Gasteiger partial charge < -0.3 is 15.0 Å². The molecule has 6 heteroatoms. The lowest BCUT2D eigenvalue weighted by atomic mass is 9.90. The van der Waals surface area contributed by atoms with Crippen molar-refractivity contribution in [1.82, 2.24) is 15.1 Å². The van der Waals surface area contributed by atoms with Gasteiger partial charge in [-0.15, -0.1) is 0 Å². The van der Waals surface area contributed by atoms with Crippen molar-refractivity contribution in [3.05, 3.63) is 29.8 Å². The van der Waals surface area contributed by atoms with E-state index in [1.807, 2.05) is 37.8 Å². The van der Waals surface area contributed by atoms with Gasteiger partial charge >= 0.3 is 0 Å². The third-order valence-corrected chi connectivity index (χ3v) is 6.32. The first-order valence-electron chi connectivity index (χ1n) is 11.2. The van der Waals surface area contributed by atoms with Gasteiger partial charge in [0.1, 0.15) is 5.75 Å². The van der Waals surface area contributed by atoms with Crippen molar-refractivity contribution in [2.45, 2.75) is 52.5 Å². The van der Waals surface area contributed by atoms with Crippen LogP contribution < -0.4 is 10.1 Å². The molecular weight excluding hydrogens is 378 g/mol. The number of methoxy groups -OCH3 is 1. The Morgan fingerprint density at radius 1 is 1.13 bits per heavy atom. The summed E-state index contributed by atoms with van der Waals surface area (Å²) in [7, 11) is 1.68. The zero-order valence-corrected chi connectivity index (χ0v) is 18.9. The maximum atomic E-state index is 12.9. The quantitative estimate of drug-likeness (QED) is 0.775. The Morgan fingerprint density at radius 3 is 2.40 bits per heavy atom. The second-order valence-electron chi connectivity index (χ2n) is 9.60. The number of carbonyl (C=O) groups excluding carboxylic acids is 2. The van der Waals surface area contributed by atoms with Crippen molar-refractivity contribution in [3.8, 4) is 5.75 Å². The number of hydrogen-bond acceptors (Lipinski definition) is 4. The van der Waals surface area contributed by atoms with Gasteiger partial charge in [-0.2, -0.15) is 0 Å². The Hall–Kier alpha value is -2.08. The van der Waals surface area contributed by atoms with Gasteiger partial charge in [-0.05, 0) is 56.5 Å². The van der Waals surface area contributed by atoms with Gasteiger partial charge in [-0.3, -0.25) is 14.5 Å². The first-order chi connectivity index (χ1) is 14.3. The zero-order chi connectivity index (χ0) is 21.7. The number of piperidine rings is 1. The fourth-order valence-corrected chi connectivity index (χ4v) is 4.52. The minimum atomic E-state index is -0.366. The van der Waals surface area contributed by atoms with Crippen LogP contribution in [0.1, 0.15) is 58.1 Å². The minimum Gasteiger partial charge on any atom is -0.497 e. The number of hydrogen-bond donors (Lipinski definition) is 1. The van der Waals surface area contributed by atoms with Crippen molar-refractivity contribution in [2.75, 3.05) is 39.8 Å². The number of rotatable bonds is 6. The SMILES string of the molecule is COc1cccc(C(CNC(=O)C2CCN(C(=O)C(C)(C)C)CC2)N2CCCC2)c1. The molecule has 3 rings (SSSR count). The van der Waals surface area contributed by atoms with Crippen LogP contribution in [-0.4, -0.2) is 61.4 Å². The van der Waals surface area contributed by atoms with E-state index in [1.165, 1.54) is 18.4 Å². The second-order valence-corrected chi connectivity index (χ2v) is 9.60. The van der Waals surface area contributed by atoms with Gasteiger partial charge in [0.25, 0.3) is 0 Å². The number of nitrogens with zero attached hydrogens (tertiary/aromatic N) is 2. The predicted molar refractivity (Wildman–Crippen MR) is 118 cm³/mol. The van der Waals surface area contributed by atoms with Crippen molar-refractivity contribution in [1.29, 1.82) is 0 Å². The van der Waals surface area contributed by atoms with Gasteiger partial charge in [0.2, 0.25) is 11.8 Å². The van der Waals surface area contributed by atoms with Crippen molar-refractivity contribution in [3.63, 3.8) is 0 Å². The summed E-state index contributed by atoms with van der Waals surface area (Å²) >= 11 is 0. The Morgan fingerprint density at radius 2 is 1.80 bits per heavy atom. The molecule has 2 fully saturated rings. The summed E-state index contributed by atoms with van der Waals surface area (Å²) in [4.78, 5) is 29.7. The predicted octanol–water partition coefficient (Wildman–Crippen LogP) is 3.23. The van der Waals surface area contributed by atoms with Crippen molar-refractivity contribution >= 4 is 11.8 Å². The Balaban J connectivity index is 1.58. The lowest BCUT2D eigenvalue weighted by Crippen LogP contribution is -2.47. The normalized spacial score (nSPS) is 19.5. The summed E-state index contributed by atoms with van der Waals surface area (Å²) in [5.41, 5.74) is 0.816. The Bertz CT molecular complexity index is 729. The average molecular weight is 416 g/mol. The van der Waals surface area contributed by atoms with Gasteiger partial charge in [0.15, 0.2) is 0 Å². The molecule has 2 amide bonds. The number of ether oxygens (including phenoxy) is 1. The van der Waals surface area contributed by atoms with Crippen LogP contribution in [0.15, 0.2) is 24.3 Å². The minimum absolute atomic E-state index is 0.0152. The van der Waals surface area contributed by atoms with Gasteiger partial charge in [-0.1, -0.05) is 32.9 Å². The molecule has 6 nitrogen and oxygen atoms in total. The van der Waals surface area contributed by atoms with Crippen LogP contribution in [-0.2, 0) is 9.59 Å². The van der Waals surface area contributed by atoms with Crippen LogP contribution >= 0.6 is 0 Å². The number of nitrogens with one attached hydrogen (secondary N) is 1. The summed E-state index contributed by atoms with van der Waals surface area (Å²) in [5, 5.41) is 3.21. The molecule has 166 valence electrons. The number of benzene rings is 1. The van der Waals surface area contributed by atoms with Crippen molar-refractivity contribution in [2.24, 2.45) is 11.3 Å². The largest absolute Gasteiger partial charge is 0.497 e. The van der Waals surface area contributed by atoms with Crippen LogP contribution in [0, 0.1) is 11.3 Å². The van der Waals surface area contributed by atoms with Crippen LogP contribution in [0.4, 0.5) is 0 Å². The maximum absolute atomic E-state index is 12.9. The second kappa shape index (κ2) is 9.82. The topological polar surface area (TPSA) is 61.9 Å². The number of amides is 2. The number of carbonyl (C=O) groups is 2. The van der Waals surface area contributed by atoms with Crippen LogP contribution in [0.2, 0.25) is 0 Å². The highest BCUT2D eigenvalue weighted by Gasteiger charge is 2.33. The first-order valence-corrected chi connectivity index (χ1v) is 11.2. The lowest BCUT2D eigenvalue weighted by molar-refractivity contribution is -0.142.